The summed E-state index contributed by atoms with van der Waals surface area (Å²) < 4.78 is 14.8. The third-order valence-corrected chi connectivity index (χ3v) is 3.34. The molecule has 0 spiro atoms. The average Bonchev–Trinajstić information content (AvgIpc) is 2.73. The molecular formula is C15H15FN4. The van der Waals surface area contributed by atoms with Crippen LogP contribution in [0.5, 0.6) is 0 Å². The Hall–Kier alpha value is -2.56. The molecule has 1 aromatic heterocycles. The quantitative estimate of drug-likeness (QED) is 0.719. The minimum atomic E-state index is -0.225. The number of hydrogen-bond acceptors (Lipinski definition) is 3. The third kappa shape index (κ3) is 2.30. The van der Waals surface area contributed by atoms with Crippen molar-refractivity contribution in [3.05, 3.63) is 53.8 Å². The first-order valence-electron chi connectivity index (χ1n) is 6.39. The van der Waals surface area contributed by atoms with Gasteiger partial charge in [-0.25, -0.2) is 9.37 Å². The topological polar surface area (TPSA) is 69.9 Å². The molecule has 3 rings (SSSR count). The summed E-state index contributed by atoms with van der Waals surface area (Å²) in [7, 11) is 0. The summed E-state index contributed by atoms with van der Waals surface area (Å²) in [4.78, 5) is 4.30. The highest BCUT2D eigenvalue weighted by Crippen LogP contribution is 2.20. The van der Waals surface area contributed by atoms with Crippen LogP contribution in [0.4, 0.5) is 16.0 Å². The first-order chi connectivity index (χ1) is 9.63. The SMILES string of the molecule is Nc1ccc2c(c1)nc(N)n2CCc1ccc(F)cc1. The second kappa shape index (κ2) is 4.85. The molecule has 0 saturated heterocycles. The van der Waals surface area contributed by atoms with E-state index in [2.05, 4.69) is 4.98 Å². The van der Waals surface area contributed by atoms with Gasteiger partial charge in [-0.05, 0) is 42.3 Å². The van der Waals surface area contributed by atoms with Crippen LogP contribution < -0.4 is 11.5 Å². The lowest BCUT2D eigenvalue weighted by molar-refractivity contribution is 0.626. The van der Waals surface area contributed by atoms with Crippen LogP contribution in [0.25, 0.3) is 11.0 Å². The summed E-state index contributed by atoms with van der Waals surface area (Å²) in [6, 6.07) is 12.0. The Morgan fingerprint density at radius 2 is 1.80 bits per heavy atom. The van der Waals surface area contributed by atoms with Gasteiger partial charge in [0.1, 0.15) is 5.82 Å². The van der Waals surface area contributed by atoms with Crippen molar-refractivity contribution in [2.75, 3.05) is 11.5 Å². The summed E-state index contributed by atoms with van der Waals surface area (Å²) in [5.41, 5.74) is 15.2. The number of benzene rings is 2. The first kappa shape index (κ1) is 12.5. The van der Waals surface area contributed by atoms with Crippen molar-refractivity contribution in [2.24, 2.45) is 0 Å². The number of anilines is 2. The van der Waals surface area contributed by atoms with E-state index in [1.165, 1.54) is 12.1 Å². The summed E-state index contributed by atoms with van der Waals surface area (Å²) in [5, 5.41) is 0. The van der Waals surface area contributed by atoms with Crippen LogP contribution in [-0.4, -0.2) is 9.55 Å². The van der Waals surface area contributed by atoms with Gasteiger partial charge in [-0.3, -0.25) is 0 Å². The van der Waals surface area contributed by atoms with Crippen molar-refractivity contribution >= 4 is 22.7 Å². The van der Waals surface area contributed by atoms with Crippen LogP contribution in [0.1, 0.15) is 5.56 Å². The molecule has 4 N–H and O–H groups in total. The highest BCUT2D eigenvalue weighted by molar-refractivity contribution is 5.81. The number of aryl methyl sites for hydroxylation is 2. The van der Waals surface area contributed by atoms with Gasteiger partial charge in [0.2, 0.25) is 5.95 Å². The molecule has 3 aromatic rings. The van der Waals surface area contributed by atoms with E-state index in [4.69, 9.17) is 11.5 Å². The Balaban J connectivity index is 1.87. The van der Waals surface area contributed by atoms with E-state index in [0.717, 1.165) is 23.0 Å². The van der Waals surface area contributed by atoms with Gasteiger partial charge in [-0.15, -0.1) is 0 Å². The average molecular weight is 270 g/mol. The van der Waals surface area contributed by atoms with Gasteiger partial charge in [0, 0.05) is 12.2 Å². The Bertz CT molecular complexity index is 746. The van der Waals surface area contributed by atoms with E-state index in [9.17, 15) is 4.39 Å². The lowest BCUT2D eigenvalue weighted by atomic mass is 10.1. The molecule has 5 heteroatoms. The van der Waals surface area contributed by atoms with Gasteiger partial charge in [0.25, 0.3) is 0 Å². The van der Waals surface area contributed by atoms with Crippen LogP contribution in [0.3, 0.4) is 0 Å². The van der Waals surface area contributed by atoms with Gasteiger partial charge < -0.3 is 16.0 Å². The number of aromatic nitrogens is 2. The highest BCUT2D eigenvalue weighted by Gasteiger charge is 2.08. The Morgan fingerprint density at radius 3 is 2.55 bits per heavy atom. The molecule has 1 heterocycles. The molecule has 0 saturated carbocycles. The van der Waals surface area contributed by atoms with E-state index in [1.54, 1.807) is 18.2 Å². The predicted octanol–water partition coefficient (Wildman–Crippen LogP) is 2.58. The lowest BCUT2D eigenvalue weighted by Gasteiger charge is -2.06. The van der Waals surface area contributed by atoms with Gasteiger partial charge in [-0.2, -0.15) is 0 Å². The van der Waals surface area contributed by atoms with Crippen molar-refractivity contribution in [3.63, 3.8) is 0 Å². The van der Waals surface area contributed by atoms with E-state index >= 15 is 0 Å². The Morgan fingerprint density at radius 1 is 1.05 bits per heavy atom. The zero-order valence-electron chi connectivity index (χ0n) is 10.9. The molecule has 0 fully saturated rings. The molecule has 0 aliphatic heterocycles. The van der Waals surface area contributed by atoms with E-state index in [1.807, 2.05) is 16.7 Å². The number of fused-ring (bicyclic) bond motifs is 1. The maximum atomic E-state index is 12.9. The summed E-state index contributed by atoms with van der Waals surface area (Å²) >= 11 is 0. The van der Waals surface area contributed by atoms with Crippen LogP contribution in [0, 0.1) is 5.82 Å². The summed E-state index contributed by atoms with van der Waals surface area (Å²) in [6.45, 7) is 0.692. The van der Waals surface area contributed by atoms with Crippen LogP contribution in [-0.2, 0) is 13.0 Å². The normalized spacial score (nSPS) is 11.1. The van der Waals surface area contributed by atoms with Gasteiger partial charge in [0.15, 0.2) is 0 Å². The molecule has 0 amide bonds. The first-order valence-corrected chi connectivity index (χ1v) is 6.39. The lowest BCUT2D eigenvalue weighted by Crippen LogP contribution is -2.05. The smallest absolute Gasteiger partial charge is 0.201 e. The molecule has 0 aliphatic rings. The molecule has 0 radical (unpaired) electrons. The number of hydrogen-bond donors (Lipinski definition) is 2. The molecule has 2 aromatic carbocycles. The number of rotatable bonds is 3. The van der Waals surface area contributed by atoms with E-state index in [0.29, 0.717) is 18.2 Å². The molecule has 0 bridgehead atoms. The maximum absolute atomic E-state index is 12.9. The molecule has 4 nitrogen and oxygen atoms in total. The van der Waals surface area contributed by atoms with E-state index < -0.39 is 0 Å². The molecule has 20 heavy (non-hydrogen) atoms. The molecule has 0 atom stereocenters. The van der Waals surface area contributed by atoms with Crippen molar-refractivity contribution in [1.82, 2.24) is 9.55 Å². The number of nitrogens with zero attached hydrogens (tertiary/aromatic N) is 2. The summed E-state index contributed by atoms with van der Waals surface area (Å²) in [6.07, 6.45) is 0.764. The van der Waals surface area contributed by atoms with Gasteiger partial charge in [-0.1, -0.05) is 12.1 Å². The molecule has 102 valence electrons. The molecule has 0 unspecified atom stereocenters. The van der Waals surface area contributed by atoms with Crippen molar-refractivity contribution < 1.29 is 4.39 Å². The summed E-state index contributed by atoms with van der Waals surface area (Å²) in [5.74, 6) is 0.240. The van der Waals surface area contributed by atoms with Gasteiger partial charge in [0.05, 0.1) is 11.0 Å². The van der Waals surface area contributed by atoms with Crippen LogP contribution >= 0.6 is 0 Å². The maximum Gasteiger partial charge on any atom is 0.201 e. The van der Waals surface area contributed by atoms with Crippen molar-refractivity contribution in [3.8, 4) is 0 Å². The van der Waals surface area contributed by atoms with Crippen molar-refractivity contribution in [2.45, 2.75) is 13.0 Å². The standard InChI is InChI=1S/C15H15FN4/c16-11-3-1-10(2-4-11)7-8-20-14-6-5-12(17)9-13(14)19-15(20)18/h1-6,9H,7-8,17H2,(H2,18,19). The monoisotopic (exact) mass is 270 g/mol. The van der Waals surface area contributed by atoms with E-state index in [-0.39, 0.29) is 5.82 Å². The minimum Gasteiger partial charge on any atom is -0.399 e. The van der Waals surface area contributed by atoms with Gasteiger partial charge >= 0.3 is 0 Å². The second-order valence-electron chi connectivity index (χ2n) is 4.75. The number of imidazole rings is 1. The zero-order valence-corrected chi connectivity index (χ0v) is 10.9. The third-order valence-electron chi connectivity index (χ3n) is 3.34. The Labute approximate surface area is 115 Å². The number of halogens is 1. The number of nitrogens with two attached hydrogens (primary N) is 2. The van der Waals surface area contributed by atoms with Crippen LogP contribution in [0.15, 0.2) is 42.5 Å². The Kier molecular flexibility index (Phi) is 3.02. The highest BCUT2D eigenvalue weighted by atomic mass is 19.1. The molecular weight excluding hydrogens is 255 g/mol. The fraction of sp³-hybridized carbons (Fsp3) is 0.133. The van der Waals surface area contributed by atoms with Crippen molar-refractivity contribution in [1.29, 1.82) is 0 Å². The molecule has 0 aliphatic carbocycles. The fourth-order valence-corrected chi connectivity index (χ4v) is 2.29. The zero-order chi connectivity index (χ0) is 14.1. The number of nitrogen functional groups attached to an aromatic ring is 2. The predicted molar refractivity (Wildman–Crippen MR) is 78.7 cm³/mol. The van der Waals surface area contributed by atoms with Crippen LogP contribution in [0.2, 0.25) is 0 Å². The minimum absolute atomic E-state index is 0.225. The second-order valence-corrected chi connectivity index (χ2v) is 4.75. The largest absolute Gasteiger partial charge is 0.399 e. The fourth-order valence-electron chi connectivity index (χ4n) is 2.29.